The molecule has 2 aromatic rings. The number of hydrogen-bond donors (Lipinski definition) is 5. The molecule has 220 valence electrons. The SMILES string of the molecule is NC(=O)C1=C(O)[C@@]2(O)C(=O)C3=C(O)c4c(O)cc(CN(CCc5ccccc5)CC5CC5)c(F)c4CC3C[C@H]2CC1=O. The average Bonchev–Trinajstić information content (AvgIpc) is 3.76. The van der Waals surface area contributed by atoms with E-state index in [2.05, 4.69) is 4.90 Å². The van der Waals surface area contributed by atoms with Crippen LogP contribution in [0.4, 0.5) is 4.39 Å². The van der Waals surface area contributed by atoms with Crippen molar-refractivity contribution in [2.24, 2.45) is 23.5 Å². The fourth-order valence-corrected chi connectivity index (χ4v) is 6.91. The Hall–Kier alpha value is -4.02. The fourth-order valence-electron chi connectivity index (χ4n) is 6.91. The van der Waals surface area contributed by atoms with Crippen molar-refractivity contribution in [3.05, 3.63) is 81.4 Å². The summed E-state index contributed by atoms with van der Waals surface area (Å²) in [6, 6.07) is 11.3. The number of carbonyl (C=O) groups excluding carboxylic acids is 3. The van der Waals surface area contributed by atoms with Crippen LogP contribution in [0.15, 0.2) is 53.3 Å². The predicted molar refractivity (Wildman–Crippen MR) is 149 cm³/mol. The molecule has 2 aromatic carbocycles. The van der Waals surface area contributed by atoms with Crippen LogP contribution in [0, 0.1) is 23.6 Å². The molecule has 0 aliphatic heterocycles. The van der Waals surface area contributed by atoms with Gasteiger partial charge in [0.05, 0.1) is 5.56 Å². The number of halogens is 1. The Kier molecular flexibility index (Phi) is 6.93. The van der Waals surface area contributed by atoms with Gasteiger partial charge in [-0.05, 0) is 55.6 Å². The maximum atomic E-state index is 16.2. The number of aliphatic hydroxyl groups is 3. The van der Waals surface area contributed by atoms with E-state index in [0.717, 1.165) is 25.8 Å². The molecule has 9 nitrogen and oxygen atoms in total. The third-order valence-electron chi connectivity index (χ3n) is 9.24. The van der Waals surface area contributed by atoms with E-state index in [0.29, 0.717) is 12.5 Å². The molecule has 4 aliphatic carbocycles. The summed E-state index contributed by atoms with van der Waals surface area (Å²) in [4.78, 5) is 40.1. The van der Waals surface area contributed by atoms with Crippen molar-refractivity contribution in [3.8, 4) is 5.75 Å². The molecule has 2 fully saturated rings. The van der Waals surface area contributed by atoms with Crippen LogP contribution in [0.1, 0.15) is 47.9 Å². The van der Waals surface area contributed by atoms with E-state index >= 15 is 4.39 Å². The van der Waals surface area contributed by atoms with Gasteiger partial charge in [0.1, 0.15) is 28.7 Å². The second kappa shape index (κ2) is 10.4. The summed E-state index contributed by atoms with van der Waals surface area (Å²) in [6.45, 7) is 1.75. The van der Waals surface area contributed by atoms with Crippen molar-refractivity contribution in [1.82, 2.24) is 4.90 Å². The first-order valence-corrected chi connectivity index (χ1v) is 14.3. The zero-order valence-electron chi connectivity index (χ0n) is 23.0. The Morgan fingerprint density at radius 1 is 1.10 bits per heavy atom. The lowest BCUT2D eigenvalue weighted by molar-refractivity contribution is -0.147. The van der Waals surface area contributed by atoms with Crippen LogP contribution in [0.5, 0.6) is 5.75 Å². The van der Waals surface area contributed by atoms with Crippen molar-refractivity contribution in [3.63, 3.8) is 0 Å². The Labute approximate surface area is 241 Å². The number of Topliss-reactive ketones (excluding diaryl/α,β-unsaturated/α-hetero) is 2. The van der Waals surface area contributed by atoms with E-state index < -0.39 is 70.0 Å². The van der Waals surface area contributed by atoms with Crippen LogP contribution in [-0.4, -0.2) is 61.5 Å². The van der Waals surface area contributed by atoms with E-state index in [-0.39, 0.29) is 41.6 Å². The number of phenolic OH excluding ortho intramolecular Hbond substituents is 1. The summed E-state index contributed by atoms with van der Waals surface area (Å²) in [5.41, 5.74) is 2.70. The van der Waals surface area contributed by atoms with Crippen LogP contribution in [0.2, 0.25) is 0 Å². The molecule has 2 saturated carbocycles. The van der Waals surface area contributed by atoms with Gasteiger partial charge in [0, 0.05) is 48.7 Å². The van der Waals surface area contributed by atoms with E-state index in [1.165, 1.54) is 11.6 Å². The zero-order valence-corrected chi connectivity index (χ0v) is 23.0. The smallest absolute Gasteiger partial charge is 0.255 e. The monoisotopic (exact) mass is 576 g/mol. The van der Waals surface area contributed by atoms with E-state index in [1.54, 1.807) is 0 Å². The van der Waals surface area contributed by atoms with Crippen LogP contribution < -0.4 is 5.73 Å². The highest BCUT2D eigenvalue weighted by Gasteiger charge is 2.60. The molecule has 0 bridgehead atoms. The molecule has 42 heavy (non-hydrogen) atoms. The number of ketones is 2. The van der Waals surface area contributed by atoms with Crippen molar-refractivity contribution < 1.29 is 39.2 Å². The van der Waals surface area contributed by atoms with Gasteiger partial charge in [-0.1, -0.05) is 30.3 Å². The Bertz CT molecular complexity index is 1560. The number of rotatable bonds is 8. The standard InChI is InChI=1S/C32H33FN2O7/c33-27-19(15-35(14-17-6-7-17)9-8-16-4-2-1-3-5-16)12-22(36)25-21(27)11-18-10-20-13-23(37)26(31(34)41)30(40)32(20,42)29(39)24(18)28(25)38/h1-5,12,17-18,20,36,38,40,42H,6-11,13-15H2,(H2,34,41)/t18?,20-,32-/m0/s1. The number of primary amides is 1. The van der Waals surface area contributed by atoms with Crippen molar-refractivity contribution in [2.45, 2.75) is 50.7 Å². The molecule has 6 rings (SSSR count). The summed E-state index contributed by atoms with van der Waals surface area (Å²) in [7, 11) is 0. The van der Waals surface area contributed by atoms with Crippen molar-refractivity contribution in [2.75, 3.05) is 13.1 Å². The minimum absolute atomic E-state index is 0.0434. The first-order valence-electron chi connectivity index (χ1n) is 14.3. The summed E-state index contributed by atoms with van der Waals surface area (Å²) < 4.78 is 16.2. The molecular weight excluding hydrogens is 543 g/mol. The topological polar surface area (TPSA) is 161 Å². The van der Waals surface area contributed by atoms with Gasteiger partial charge in [0.2, 0.25) is 5.78 Å². The lowest BCUT2D eigenvalue weighted by atomic mass is 9.59. The number of nitrogens with zero attached hydrogens (tertiary/aromatic N) is 1. The Morgan fingerprint density at radius 2 is 1.81 bits per heavy atom. The number of fused-ring (bicyclic) bond motifs is 3. The lowest BCUT2D eigenvalue weighted by Crippen LogP contribution is -2.58. The maximum Gasteiger partial charge on any atom is 0.255 e. The second-order valence-corrected chi connectivity index (χ2v) is 12.0. The van der Waals surface area contributed by atoms with Gasteiger partial charge in [-0.3, -0.25) is 19.3 Å². The molecule has 3 atom stereocenters. The van der Waals surface area contributed by atoms with E-state index in [9.17, 15) is 34.8 Å². The van der Waals surface area contributed by atoms with Gasteiger partial charge < -0.3 is 26.2 Å². The van der Waals surface area contributed by atoms with Gasteiger partial charge in [0.15, 0.2) is 11.4 Å². The first kappa shape index (κ1) is 28.1. The van der Waals surface area contributed by atoms with Crippen LogP contribution >= 0.6 is 0 Å². The number of nitrogens with two attached hydrogens (primary N) is 1. The lowest BCUT2D eigenvalue weighted by Gasteiger charge is -2.46. The van der Waals surface area contributed by atoms with Crippen LogP contribution in [-0.2, 0) is 33.8 Å². The molecule has 4 aliphatic rings. The van der Waals surface area contributed by atoms with Crippen LogP contribution in [0.3, 0.4) is 0 Å². The fraction of sp³-hybridized carbons (Fsp3) is 0.406. The third kappa shape index (κ3) is 4.59. The van der Waals surface area contributed by atoms with E-state index in [1.807, 2.05) is 30.3 Å². The van der Waals surface area contributed by atoms with Gasteiger partial charge >= 0.3 is 0 Å². The molecular formula is C32H33FN2O7. The average molecular weight is 577 g/mol. The van der Waals surface area contributed by atoms with Gasteiger partial charge in [-0.15, -0.1) is 0 Å². The number of phenols is 1. The third-order valence-corrected chi connectivity index (χ3v) is 9.24. The number of aliphatic hydroxyl groups excluding tert-OH is 2. The number of carbonyl (C=O) groups is 3. The second-order valence-electron chi connectivity index (χ2n) is 12.0. The largest absolute Gasteiger partial charge is 0.508 e. The number of aromatic hydroxyl groups is 1. The normalized spacial score (nSPS) is 25.4. The summed E-state index contributed by atoms with van der Waals surface area (Å²) >= 11 is 0. The van der Waals surface area contributed by atoms with Gasteiger partial charge in [-0.2, -0.15) is 0 Å². The molecule has 1 unspecified atom stereocenters. The summed E-state index contributed by atoms with van der Waals surface area (Å²) in [5, 5.41) is 44.2. The minimum Gasteiger partial charge on any atom is -0.508 e. The van der Waals surface area contributed by atoms with Gasteiger partial charge in [0.25, 0.3) is 5.91 Å². The predicted octanol–water partition coefficient (Wildman–Crippen LogP) is 3.02. The van der Waals surface area contributed by atoms with Crippen LogP contribution in [0.25, 0.3) is 5.76 Å². The highest BCUT2D eigenvalue weighted by atomic mass is 19.1. The molecule has 0 radical (unpaired) electrons. The Morgan fingerprint density at radius 3 is 2.48 bits per heavy atom. The molecule has 0 aromatic heterocycles. The number of hydrogen-bond acceptors (Lipinski definition) is 8. The van der Waals surface area contributed by atoms with Gasteiger partial charge in [-0.25, -0.2) is 4.39 Å². The number of benzene rings is 2. The summed E-state index contributed by atoms with van der Waals surface area (Å²) in [5.74, 6) is -7.32. The molecule has 1 amide bonds. The zero-order chi connectivity index (χ0) is 29.9. The first-order chi connectivity index (χ1) is 20.0. The molecule has 0 spiro atoms. The Balaban J connectivity index is 1.34. The minimum atomic E-state index is -2.65. The van der Waals surface area contributed by atoms with Crippen molar-refractivity contribution in [1.29, 1.82) is 0 Å². The van der Waals surface area contributed by atoms with E-state index in [4.69, 9.17) is 5.73 Å². The molecule has 0 heterocycles. The molecule has 0 saturated heterocycles. The number of amides is 1. The maximum absolute atomic E-state index is 16.2. The quantitative estimate of drug-likeness (QED) is 0.300. The highest BCUT2D eigenvalue weighted by Crippen LogP contribution is 2.52. The molecule has 10 heteroatoms. The highest BCUT2D eigenvalue weighted by molar-refractivity contribution is 6.22. The molecule has 6 N–H and O–H groups in total. The summed E-state index contributed by atoms with van der Waals surface area (Å²) in [6.07, 6.45) is 2.50. The van der Waals surface area contributed by atoms with Crippen molar-refractivity contribution >= 4 is 23.2 Å².